The molecule has 0 aliphatic rings. The molecule has 0 bridgehead atoms. The molecule has 3 N–H and O–H groups in total. The van der Waals surface area contributed by atoms with Crippen molar-refractivity contribution in [2.75, 3.05) is 10.6 Å². The van der Waals surface area contributed by atoms with E-state index in [1.807, 2.05) is 0 Å². The van der Waals surface area contributed by atoms with Crippen molar-refractivity contribution in [2.45, 2.75) is 0 Å². The van der Waals surface area contributed by atoms with Crippen LogP contribution in [0.3, 0.4) is 0 Å². The van der Waals surface area contributed by atoms with Crippen LogP contribution in [0.1, 0.15) is 0 Å². The van der Waals surface area contributed by atoms with Crippen molar-refractivity contribution in [3.63, 3.8) is 0 Å². The van der Waals surface area contributed by atoms with Crippen molar-refractivity contribution in [1.82, 2.24) is 20.6 Å². The van der Waals surface area contributed by atoms with E-state index in [-0.39, 0.29) is 5.82 Å². The summed E-state index contributed by atoms with van der Waals surface area (Å²) in [6.45, 7) is 0. The van der Waals surface area contributed by atoms with Crippen LogP contribution in [0.5, 0.6) is 0 Å². The first-order valence-electron chi connectivity index (χ1n) is 6.59. The number of aromatic amines is 1. The van der Waals surface area contributed by atoms with Crippen LogP contribution in [0.4, 0.5) is 16.2 Å². The molecule has 2 aromatic carbocycles. The summed E-state index contributed by atoms with van der Waals surface area (Å²) in [6, 6.07) is 9.24. The van der Waals surface area contributed by atoms with Crippen LogP contribution in [-0.4, -0.2) is 26.7 Å². The second-order valence-corrected chi connectivity index (χ2v) is 5.92. The van der Waals surface area contributed by atoms with Crippen molar-refractivity contribution in [3.05, 3.63) is 51.5 Å². The van der Waals surface area contributed by atoms with E-state index < -0.39 is 6.03 Å². The predicted molar refractivity (Wildman–Crippen MR) is 93.7 cm³/mol. The van der Waals surface area contributed by atoms with Gasteiger partial charge in [-0.1, -0.05) is 40.9 Å². The fourth-order valence-corrected chi connectivity index (χ4v) is 2.82. The number of rotatable bonds is 3. The minimum Gasteiger partial charge on any atom is -0.308 e. The van der Waals surface area contributed by atoms with Crippen molar-refractivity contribution in [2.24, 2.45) is 0 Å². The summed E-state index contributed by atoms with van der Waals surface area (Å²) in [7, 11) is 0. The molecule has 0 spiro atoms. The lowest BCUT2D eigenvalue weighted by Gasteiger charge is -2.11. The molecule has 0 fully saturated rings. The Morgan fingerprint density at radius 2 is 1.79 bits per heavy atom. The van der Waals surface area contributed by atoms with Crippen LogP contribution in [0.2, 0.25) is 15.1 Å². The Morgan fingerprint density at radius 3 is 2.46 bits per heavy atom. The second-order valence-electron chi connectivity index (χ2n) is 4.64. The summed E-state index contributed by atoms with van der Waals surface area (Å²) in [4.78, 5) is 12.2. The lowest BCUT2D eigenvalue weighted by Crippen LogP contribution is -2.20. The zero-order valence-electron chi connectivity index (χ0n) is 11.8. The van der Waals surface area contributed by atoms with Crippen molar-refractivity contribution < 1.29 is 4.79 Å². The van der Waals surface area contributed by atoms with Gasteiger partial charge >= 0.3 is 6.03 Å². The fourth-order valence-electron chi connectivity index (χ4n) is 2.03. The highest BCUT2D eigenvalue weighted by atomic mass is 35.5. The molecule has 0 unspecified atom stereocenters. The predicted octanol–water partition coefficient (Wildman–Crippen LogP) is 4.47. The van der Waals surface area contributed by atoms with Gasteiger partial charge in [-0.2, -0.15) is 5.21 Å². The Morgan fingerprint density at radius 1 is 1.04 bits per heavy atom. The molecule has 3 rings (SSSR count). The van der Waals surface area contributed by atoms with Gasteiger partial charge in [0.1, 0.15) is 0 Å². The van der Waals surface area contributed by atoms with Crippen molar-refractivity contribution in [1.29, 1.82) is 0 Å². The largest absolute Gasteiger partial charge is 0.323 e. The topological polar surface area (TPSA) is 95.6 Å². The Labute approximate surface area is 151 Å². The molecule has 122 valence electrons. The zero-order valence-corrected chi connectivity index (χ0v) is 14.1. The van der Waals surface area contributed by atoms with Gasteiger partial charge in [-0.05, 0) is 35.5 Å². The first-order valence-corrected chi connectivity index (χ1v) is 7.73. The number of aromatic nitrogens is 4. The molecule has 0 saturated heterocycles. The van der Waals surface area contributed by atoms with E-state index in [1.54, 1.807) is 36.4 Å². The van der Waals surface area contributed by atoms with E-state index in [2.05, 4.69) is 31.3 Å². The summed E-state index contributed by atoms with van der Waals surface area (Å²) >= 11 is 18.0. The first-order chi connectivity index (χ1) is 11.5. The molecule has 0 aliphatic heterocycles. The van der Waals surface area contributed by atoms with E-state index in [0.717, 1.165) is 0 Å². The lowest BCUT2D eigenvalue weighted by atomic mass is 10.1. The summed E-state index contributed by atoms with van der Waals surface area (Å²) in [5.41, 5.74) is 1.33. The number of anilines is 2. The number of halogens is 3. The summed E-state index contributed by atoms with van der Waals surface area (Å²) in [6.07, 6.45) is 0. The van der Waals surface area contributed by atoms with Crippen molar-refractivity contribution in [3.8, 4) is 11.4 Å². The lowest BCUT2D eigenvalue weighted by molar-refractivity contribution is 0.262. The molecule has 10 heteroatoms. The SMILES string of the molecule is O=C(Nc1cc(Cl)cc(Cl)c1)Nc1cccc(Cl)c1-c1nn[nH]n1. The summed E-state index contributed by atoms with van der Waals surface area (Å²) < 4.78 is 0. The van der Waals surface area contributed by atoms with Gasteiger partial charge < -0.3 is 10.6 Å². The third kappa shape index (κ3) is 3.76. The highest BCUT2D eigenvalue weighted by molar-refractivity contribution is 6.35. The number of hydrogen-bond acceptors (Lipinski definition) is 4. The van der Waals surface area contributed by atoms with Crippen LogP contribution in [0.25, 0.3) is 11.4 Å². The molecular weight excluding hydrogens is 375 g/mol. The average Bonchev–Trinajstić information content (AvgIpc) is 2.99. The van der Waals surface area contributed by atoms with E-state index >= 15 is 0 Å². The molecule has 0 radical (unpaired) electrons. The van der Waals surface area contributed by atoms with Crippen LogP contribution < -0.4 is 10.6 Å². The monoisotopic (exact) mass is 382 g/mol. The molecule has 0 saturated carbocycles. The van der Waals surface area contributed by atoms with Gasteiger partial charge in [0.2, 0.25) is 5.82 Å². The van der Waals surface area contributed by atoms with Crippen LogP contribution in [0, 0.1) is 0 Å². The number of carbonyl (C=O) groups excluding carboxylic acids is 1. The molecule has 0 aliphatic carbocycles. The van der Waals surface area contributed by atoms with Gasteiger partial charge in [-0.25, -0.2) is 4.79 Å². The normalized spacial score (nSPS) is 10.5. The number of amides is 2. The zero-order chi connectivity index (χ0) is 17.1. The number of nitrogens with zero attached hydrogens (tertiary/aromatic N) is 3. The molecule has 0 atom stereocenters. The molecule has 1 aromatic heterocycles. The van der Waals surface area contributed by atoms with Gasteiger partial charge in [0.15, 0.2) is 0 Å². The maximum absolute atomic E-state index is 12.2. The quantitative estimate of drug-likeness (QED) is 0.621. The second kappa shape index (κ2) is 7.04. The molecular formula is C14H9Cl3N6O. The number of hydrogen-bond donors (Lipinski definition) is 3. The minimum absolute atomic E-state index is 0.265. The Hall–Kier alpha value is -2.35. The van der Waals surface area contributed by atoms with E-state index in [9.17, 15) is 4.79 Å². The van der Waals surface area contributed by atoms with E-state index in [0.29, 0.717) is 32.0 Å². The Bertz CT molecular complexity index is 864. The van der Waals surface area contributed by atoms with Gasteiger partial charge in [0.25, 0.3) is 0 Å². The number of tetrazole rings is 1. The van der Waals surface area contributed by atoms with Crippen molar-refractivity contribution >= 4 is 52.2 Å². The third-order valence-electron chi connectivity index (χ3n) is 2.95. The third-order valence-corrected chi connectivity index (χ3v) is 3.70. The maximum atomic E-state index is 12.2. The number of benzene rings is 2. The molecule has 7 nitrogen and oxygen atoms in total. The van der Waals surface area contributed by atoms with Crippen LogP contribution in [-0.2, 0) is 0 Å². The number of urea groups is 1. The van der Waals surface area contributed by atoms with Gasteiger partial charge in [0, 0.05) is 15.7 Å². The molecule has 24 heavy (non-hydrogen) atoms. The van der Waals surface area contributed by atoms with E-state index in [4.69, 9.17) is 34.8 Å². The van der Waals surface area contributed by atoms with Gasteiger partial charge in [-0.15, -0.1) is 10.2 Å². The molecule has 1 heterocycles. The number of H-pyrrole nitrogens is 1. The average molecular weight is 384 g/mol. The first kappa shape index (κ1) is 16.5. The minimum atomic E-state index is -0.500. The fraction of sp³-hybridized carbons (Fsp3) is 0. The highest BCUT2D eigenvalue weighted by Crippen LogP contribution is 2.32. The number of carbonyl (C=O) groups is 1. The van der Waals surface area contributed by atoms with Gasteiger partial charge in [-0.3, -0.25) is 0 Å². The van der Waals surface area contributed by atoms with Crippen LogP contribution in [0.15, 0.2) is 36.4 Å². The Kier molecular flexibility index (Phi) is 4.84. The molecule has 3 aromatic rings. The summed E-state index contributed by atoms with van der Waals surface area (Å²) in [5.74, 6) is 0.265. The van der Waals surface area contributed by atoms with Crippen LogP contribution >= 0.6 is 34.8 Å². The Balaban J connectivity index is 1.84. The smallest absolute Gasteiger partial charge is 0.308 e. The van der Waals surface area contributed by atoms with Gasteiger partial charge in [0.05, 0.1) is 16.3 Å². The standard InChI is InChI=1S/C14H9Cl3N6O/c15-7-4-8(16)6-9(5-7)18-14(24)19-11-3-1-2-10(17)12(11)13-20-22-23-21-13/h1-6H,(H2,18,19,24)(H,20,21,22,23). The maximum Gasteiger partial charge on any atom is 0.323 e. The molecule has 2 amide bonds. The highest BCUT2D eigenvalue weighted by Gasteiger charge is 2.15. The number of nitrogens with one attached hydrogen (secondary N) is 3. The summed E-state index contributed by atoms with van der Waals surface area (Å²) in [5, 5.41) is 20.1. The van der Waals surface area contributed by atoms with E-state index in [1.165, 1.54) is 0 Å².